The monoisotopic (exact) mass is 355 g/mol. The summed E-state index contributed by atoms with van der Waals surface area (Å²) in [5.74, 6) is -1.76. The molecule has 7 heteroatoms. The lowest BCUT2D eigenvalue weighted by Crippen LogP contribution is -2.16. The molecule has 0 radical (unpaired) electrons. The number of pyridine rings is 1. The summed E-state index contributed by atoms with van der Waals surface area (Å²) in [6.07, 6.45) is 2.56. The smallest absolute Gasteiger partial charge is 0.307 e. The molecule has 1 amide bonds. The van der Waals surface area contributed by atoms with Crippen LogP contribution in [0.25, 0.3) is 5.65 Å². The Balaban J connectivity index is 1.90. The summed E-state index contributed by atoms with van der Waals surface area (Å²) >= 11 is 0. The number of nitrogens with one attached hydrogen (secondary N) is 1. The van der Waals surface area contributed by atoms with Crippen LogP contribution in [0.5, 0.6) is 0 Å². The molecule has 134 valence electrons. The van der Waals surface area contributed by atoms with Gasteiger partial charge in [0.1, 0.15) is 17.2 Å². The van der Waals surface area contributed by atoms with E-state index in [2.05, 4.69) is 10.3 Å². The minimum atomic E-state index is -0.918. The zero-order chi connectivity index (χ0) is 18.7. The van der Waals surface area contributed by atoms with E-state index in [9.17, 15) is 14.0 Å². The van der Waals surface area contributed by atoms with Crippen LogP contribution >= 0.6 is 0 Å². The van der Waals surface area contributed by atoms with E-state index >= 15 is 0 Å². The van der Waals surface area contributed by atoms with E-state index in [1.54, 1.807) is 24.3 Å². The first kappa shape index (κ1) is 17.6. The molecule has 0 unspecified atom stereocenters. The predicted octanol–water partition coefficient (Wildman–Crippen LogP) is 3.31. The number of imidazole rings is 1. The van der Waals surface area contributed by atoms with Crippen LogP contribution in [0, 0.1) is 5.82 Å². The Morgan fingerprint density at radius 1 is 1.19 bits per heavy atom. The van der Waals surface area contributed by atoms with Gasteiger partial charge in [0.25, 0.3) is 5.91 Å². The second-order valence-corrected chi connectivity index (χ2v) is 5.95. The standard InChI is InChI=1S/C19H18FN3O3/c1-2-3-15-18(23-11-13(20)6-9-16(23)22-15)19(26)21-14-7-4-12(5-8-14)10-17(24)25/h4-9,11H,2-3,10H2,1H3,(H,21,26)(H,24,25). The molecular formula is C19H18FN3O3. The van der Waals surface area contributed by atoms with Crippen LogP contribution in [-0.4, -0.2) is 26.4 Å². The Kier molecular flexibility index (Phi) is 4.97. The van der Waals surface area contributed by atoms with Crippen molar-refractivity contribution in [3.63, 3.8) is 0 Å². The molecule has 26 heavy (non-hydrogen) atoms. The molecule has 0 fully saturated rings. The number of carboxylic acid groups (broad SMARTS) is 1. The van der Waals surface area contributed by atoms with Gasteiger partial charge < -0.3 is 10.4 Å². The van der Waals surface area contributed by atoms with Crippen LogP contribution in [0.15, 0.2) is 42.6 Å². The highest BCUT2D eigenvalue weighted by Crippen LogP contribution is 2.18. The van der Waals surface area contributed by atoms with Crippen molar-refractivity contribution in [1.29, 1.82) is 0 Å². The third-order valence-corrected chi connectivity index (χ3v) is 3.92. The van der Waals surface area contributed by atoms with Crippen LogP contribution in [0.4, 0.5) is 10.1 Å². The molecule has 0 saturated heterocycles. The molecule has 0 spiro atoms. The number of hydrogen-bond donors (Lipinski definition) is 2. The SMILES string of the molecule is CCCc1nc2ccc(F)cn2c1C(=O)Nc1ccc(CC(=O)O)cc1. The van der Waals surface area contributed by atoms with Gasteiger partial charge in [-0.25, -0.2) is 9.37 Å². The fraction of sp³-hybridized carbons (Fsp3) is 0.211. The number of amides is 1. The molecule has 2 heterocycles. The normalized spacial score (nSPS) is 10.8. The van der Waals surface area contributed by atoms with Gasteiger partial charge in [-0.1, -0.05) is 25.5 Å². The Hall–Kier alpha value is -3.22. The summed E-state index contributed by atoms with van der Waals surface area (Å²) in [5, 5.41) is 11.6. The van der Waals surface area contributed by atoms with Crippen LogP contribution in [0.1, 0.15) is 35.1 Å². The summed E-state index contributed by atoms with van der Waals surface area (Å²) in [6, 6.07) is 9.40. The van der Waals surface area contributed by atoms with Gasteiger partial charge in [-0.3, -0.25) is 14.0 Å². The van der Waals surface area contributed by atoms with Crippen molar-refractivity contribution in [2.24, 2.45) is 0 Å². The molecule has 6 nitrogen and oxygen atoms in total. The molecule has 0 atom stereocenters. The van der Waals surface area contributed by atoms with Gasteiger partial charge >= 0.3 is 5.97 Å². The number of halogens is 1. The number of carbonyl (C=O) groups is 2. The van der Waals surface area contributed by atoms with Crippen molar-refractivity contribution < 1.29 is 19.1 Å². The van der Waals surface area contributed by atoms with Gasteiger partial charge in [0.2, 0.25) is 0 Å². The highest BCUT2D eigenvalue weighted by Gasteiger charge is 2.19. The average molecular weight is 355 g/mol. The number of aromatic nitrogens is 2. The predicted molar refractivity (Wildman–Crippen MR) is 94.9 cm³/mol. The number of anilines is 1. The van der Waals surface area contributed by atoms with E-state index < -0.39 is 17.7 Å². The second-order valence-electron chi connectivity index (χ2n) is 5.95. The Labute approximate surface area is 149 Å². The summed E-state index contributed by atoms with van der Waals surface area (Å²) in [4.78, 5) is 27.9. The number of benzene rings is 1. The highest BCUT2D eigenvalue weighted by molar-refractivity contribution is 6.04. The van der Waals surface area contributed by atoms with Gasteiger partial charge in [0, 0.05) is 11.9 Å². The fourth-order valence-corrected chi connectivity index (χ4v) is 2.79. The van der Waals surface area contributed by atoms with Crippen molar-refractivity contribution in [1.82, 2.24) is 9.38 Å². The highest BCUT2D eigenvalue weighted by atomic mass is 19.1. The minimum Gasteiger partial charge on any atom is -0.481 e. The van der Waals surface area contributed by atoms with Crippen molar-refractivity contribution in [2.45, 2.75) is 26.2 Å². The largest absolute Gasteiger partial charge is 0.481 e. The zero-order valence-electron chi connectivity index (χ0n) is 14.2. The van der Waals surface area contributed by atoms with E-state index in [4.69, 9.17) is 5.11 Å². The summed E-state index contributed by atoms with van der Waals surface area (Å²) in [5.41, 5.74) is 2.59. The van der Waals surface area contributed by atoms with E-state index in [0.29, 0.717) is 34.7 Å². The maximum atomic E-state index is 13.6. The lowest BCUT2D eigenvalue weighted by atomic mass is 10.1. The maximum absolute atomic E-state index is 13.6. The van der Waals surface area contributed by atoms with E-state index in [1.807, 2.05) is 6.92 Å². The van der Waals surface area contributed by atoms with Crippen molar-refractivity contribution in [2.75, 3.05) is 5.32 Å². The first-order chi connectivity index (χ1) is 12.5. The second kappa shape index (κ2) is 7.35. The molecule has 0 aliphatic carbocycles. The molecule has 3 rings (SSSR count). The molecule has 0 aliphatic heterocycles. The lowest BCUT2D eigenvalue weighted by molar-refractivity contribution is -0.136. The third kappa shape index (κ3) is 3.72. The number of aliphatic carboxylic acids is 1. The first-order valence-electron chi connectivity index (χ1n) is 8.26. The summed E-state index contributed by atoms with van der Waals surface area (Å²) in [7, 11) is 0. The number of hydrogen-bond acceptors (Lipinski definition) is 3. The van der Waals surface area contributed by atoms with Gasteiger partial charge in [-0.2, -0.15) is 0 Å². The van der Waals surface area contributed by atoms with E-state index in [-0.39, 0.29) is 6.42 Å². The number of fused-ring (bicyclic) bond motifs is 1. The zero-order valence-corrected chi connectivity index (χ0v) is 14.2. The number of rotatable bonds is 6. The van der Waals surface area contributed by atoms with Crippen molar-refractivity contribution in [3.05, 3.63) is 65.4 Å². The molecule has 0 bridgehead atoms. The Morgan fingerprint density at radius 2 is 1.92 bits per heavy atom. The van der Waals surface area contributed by atoms with E-state index in [1.165, 1.54) is 22.7 Å². The van der Waals surface area contributed by atoms with Gasteiger partial charge in [-0.05, 0) is 36.2 Å². The molecule has 0 aliphatic rings. The van der Waals surface area contributed by atoms with Crippen LogP contribution < -0.4 is 5.32 Å². The molecule has 1 aromatic carbocycles. The van der Waals surface area contributed by atoms with Crippen molar-refractivity contribution >= 4 is 23.2 Å². The minimum absolute atomic E-state index is 0.0819. The molecule has 2 N–H and O–H groups in total. The lowest BCUT2D eigenvalue weighted by Gasteiger charge is -2.08. The Bertz CT molecular complexity index is 964. The number of aryl methyl sites for hydroxylation is 1. The number of carbonyl (C=O) groups excluding carboxylic acids is 1. The molecule has 0 saturated carbocycles. The number of nitrogens with zero attached hydrogens (tertiary/aromatic N) is 2. The van der Waals surface area contributed by atoms with Crippen LogP contribution in [0.3, 0.4) is 0 Å². The quantitative estimate of drug-likeness (QED) is 0.711. The summed E-state index contributed by atoms with van der Waals surface area (Å²) < 4.78 is 15.1. The third-order valence-electron chi connectivity index (χ3n) is 3.92. The Morgan fingerprint density at radius 3 is 2.58 bits per heavy atom. The number of carboxylic acids is 1. The van der Waals surface area contributed by atoms with Crippen molar-refractivity contribution in [3.8, 4) is 0 Å². The average Bonchev–Trinajstić information content (AvgIpc) is 2.93. The maximum Gasteiger partial charge on any atom is 0.307 e. The van der Waals surface area contributed by atoms with E-state index in [0.717, 1.165) is 6.42 Å². The molecular weight excluding hydrogens is 337 g/mol. The van der Waals surface area contributed by atoms with Gasteiger partial charge in [0.15, 0.2) is 0 Å². The van der Waals surface area contributed by atoms with Crippen LogP contribution in [0.2, 0.25) is 0 Å². The first-order valence-corrected chi connectivity index (χ1v) is 8.26. The fourth-order valence-electron chi connectivity index (χ4n) is 2.79. The summed E-state index contributed by atoms with van der Waals surface area (Å²) in [6.45, 7) is 1.98. The van der Waals surface area contributed by atoms with Gasteiger partial charge in [-0.15, -0.1) is 0 Å². The van der Waals surface area contributed by atoms with Gasteiger partial charge in [0.05, 0.1) is 12.1 Å². The van der Waals surface area contributed by atoms with Crippen LogP contribution in [-0.2, 0) is 17.6 Å². The molecule has 3 aromatic rings. The molecule has 2 aromatic heterocycles. The topological polar surface area (TPSA) is 83.7 Å².